The highest BCUT2D eigenvalue weighted by Gasteiger charge is 2.31. The highest BCUT2D eigenvalue weighted by molar-refractivity contribution is 6.84. The van der Waals surface area contributed by atoms with E-state index >= 15 is 0 Å². The molecule has 0 aromatic heterocycles. The summed E-state index contributed by atoms with van der Waals surface area (Å²) in [6.45, 7) is 16.0. The first-order valence-electron chi connectivity index (χ1n) is 5.31. The Balaban J connectivity index is 4.85. The second-order valence-corrected chi connectivity index (χ2v) is 10.3. The number of carbonyl (C=O) groups excluding carboxylic acids is 1. The highest BCUT2D eigenvalue weighted by atomic mass is 28.3. The van der Waals surface area contributed by atoms with Crippen LogP contribution < -0.4 is 0 Å². The normalized spacial score (nSPS) is 13.7. The predicted molar refractivity (Wildman–Crippen MR) is 69.3 cm³/mol. The molecule has 0 amide bonds. The van der Waals surface area contributed by atoms with Crippen molar-refractivity contribution in [1.82, 2.24) is 0 Å². The summed E-state index contributed by atoms with van der Waals surface area (Å²) in [5, 5.41) is 0. The number of ketones is 1. The standard InChI is InChI=1S/C13H22OSi/c1-8-11(2)13(3,4)12(14)9-10-15(5,6)7/h8,11H,1H2,2-7H3. The molecule has 0 saturated heterocycles. The molecule has 84 valence electrons. The largest absolute Gasteiger partial charge is 0.284 e. The predicted octanol–water partition coefficient (Wildman–Crippen LogP) is 3.28. The number of rotatable bonds is 3. The van der Waals surface area contributed by atoms with Gasteiger partial charge in [0.25, 0.3) is 0 Å². The van der Waals surface area contributed by atoms with Gasteiger partial charge >= 0.3 is 0 Å². The van der Waals surface area contributed by atoms with Crippen LogP contribution >= 0.6 is 0 Å². The number of hydrogen-bond acceptors (Lipinski definition) is 1. The summed E-state index contributed by atoms with van der Waals surface area (Å²) in [5.41, 5.74) is 2.69. The Morgan fingerprint density at radius 3 is 2.20 bits per heavy atom. The molecule has 0 saturated carbocycles. The highest BCUT2D eigenvalue weighted by Crippen LogP contribution is 2.28. The van der Waals surface area contributed by atoms with Gasteiger partial charge in [0.15, 0.2) is 0 Å². The van der Waals surface area contributed by atoms with Crippen LogP contribution in [0, 0.1) is 22.8 Å². The quantitative estimate of drug-likeness (QED) is 0.407. The van der Waals surface area contributed by atoms with Gasteiger partial charge < -0.3 is 0 Å². The van der Waals surface area contributed by atoms with Gasteiger partial charge in [-0.3, -0.25) is 4.79 Å². The van der Waals surface area contributed by atoms with Crippen LogP contribution in [0.15, 0.2) is 12.7 Å². The van der Waals surface area contributed by atoms with Crippen molar-refractivity contribution in [1.29, 1.82) is 0 Å². The van der Waals surface area contributed by atoms with Crippen LogP contribution in [-0.4, -0.2) is 13.9 Å². The Hall–Kier alpha value is -0.813. The Labute approximate surface area is 95.0 Å². The lowest BCUT2D eigenvalue weighted by molar-refractivity contribution is -0.122. The molecule has 0 aromatic rings. The summed E-state index contributed by atoms with van der Waals surface area (Å²) in [6.07, 6.45) is 1.81. The fraction of sp³-hybridized carbons (Fsp3) is 0.615. The van der Waals surface area contributed by atoms with Crippen molar-refractivity contribution in [3.8, 4) is 11.5 Å². The van der Waals surface area contributed by atoms with Crippen LogP contribution in [0.1, 0.15) is 20.8 Å². The maximum atomic E-state index is 11.9. The zero-order chi connectivity index (χ0) is 12.3. The lowest BCUT2D eigenvalue weighted by Crippen LogP contribution is -2.30. The number of Topliss-reactive ketones (excluding diaryl/α,β-unsaturated/α-hetero) is 1. The fourth-order valence-corrected chi connectivity index (χ4v) is 1.40. The van der Waals surface area contributed by atoms with E-state index in [9.17, 15) is 4.79 Å². The van der Waals surface area contributed by atoms with E-state index in [1.165, 1.54) is 0 Å². The van der Waals surface area contributed by atoms with Crippen molar-refractivity contribution in [2.45, 2.75) is 40.4 Å². The van der Waals surface area contributed by atoms with E-state index in [0.717, 1.165) is 0 Å². The van der Waals surface area contributed by atoms with Crippen LogP contribution in [0.5, 0.6) is 0 Å². The molecule has 0 heterocycles. The van der Waals surface area contributed by atoms with Crippen molar-refractivity contribution in [2.75, 3.05) is 0 Å². The molecule has 0 fully saturated rings. The van der Waals surface area contributed by atoms with Gasteiger partial charge in [-0.1, -0.05) is 46.5 Å². The van der Waals surface area contributed by atoms with E-state index in [0.29, 0.717) is 0 Å². The third-order valence-electron chi connectivity index (χ3n) is 2.63. The minimum atomic E-state index is -1.45. The van der Waals surface area contributed by atoms with Gasteiger partial charge in [-0.15, -0.1) is 12.1 Å². The van der Waals surface area contributed by atoms with Crippen molar-refractivity contribution in [3.05, 3.63) is 12.7 Å². The lowest BCUT2D eigenvalue weighted by Gasteiger charge is -2.25. The zero-order valence-electron chi connectivity index (χ0n) is 10.8. The molecule has 1 nitrogen and oxygen atoms in total. The fourth-order valence-electron chi connectivity index (χ4n) is 0.907. The summed E-state index contributed by atoms with van der Waals surface area (Å²) < 4.78 is 0. The van der Waals surface area contributed by atoms with Crippen LogP contribution in [0.2, 0.25) is 19.6 Å². The smallest absolute Gasteiger partial charge is 0.211 e. The van der Waals surface area contributed by atoms with E-state index in [2.05, 4.69) is 37.7 Å². The maximum absolute atomic E-state index is 11.9. The lowest BCUT2D eigenvalue weighted by atomic mass is 9.77. The Kier molecular flexibility index (Phi) is 4.55. The molecule has 15 heavy (non-hydrogen) atoms. The SMILES string of the molecule is C=CC(C)C(C)(C)C(=O)C#C[Si](C)(C)C. The minimum Gasteiger partial charge on any atom is -0.284 e. The molecule has 0 aromatic carbocycles. The van der Waals surface area contributed by atoms with Crippen molar-refractivity contribution in [2.24, 2.45) is 11.3 Å². The summed E-state index contributed by atoms with van der Waals surface area (Å²) in [4.78, 5) is 11.9. The van der Waals surface area contributed by atoms with Crippen molar-refractivity contribution in [3.63, 3.8) is 0 Å². The van der Waals surface area contributed by atoms with Gasteiger partial charge in [0.2, 0.25) is 5.78 Å². The number of allylic oxidation sites excluding steroid dienone is 1. The third-order valence-corrected chi connectivity index (χ3v) is 3.50. The molecule has 1 unspecified atom stereocenters. The monoisotopic (exact) mass is 222 g/mol. The molecule has 0 bridgehead atoms. The van der Waals surface area contributed by atoms with Crippen LogP contribution in [0.4, 0.5) is 0 Å². The van der Waals surface area contributed by atoms with E-state index in [-0.39, 0.29) is 11.7 Å². The van der Waals surface area contributed by atoms with Crippen LogP contribution in [-0.2, 0) is 4.79 Å². The number of carbonyl (C=O) groups is 1. The summed E-state index contributed by atoms with van der Waals surface area (Å²) >= 11 is 0. The molecule has 0 rings (SSSR count). The zero-order valence-corrected chi connectivity index (χ0v) is 11.8. The first-order valence-corrected chi connectivity index (χ1v) is 8.81. The Morgan fingerprint density at radius 1 is 1.40 bits per heavy atom. The molecule has 2 heteroatoms. The molecule has 0 aliphatic carbocycles. The summed E-state index contributed by atoms with van der Waals surface area (Å²) in [7, 11) is -1.45. The average molecular weight is 222 g/mol. The molecule has 0 radical (unpaired) electrons. The van der Waals surface area contributed by atoms with Gasteiger partial charge in [-0.05, 0) is 11.8 Å². The molecule has 0 aliphatic heterocycles. The minimum absolute atomic E-state index is 0.0253. The summed E-state index contributed by atoms with van der Waals surface area (Å²) in [6, 6.07) is 0. The Bertz CT molecular complexity index is 310. The molecule has 0 aliphatic rings. The molecular weight excluding hydrogens is 200 g/mol. The maximum Gasteiger partial charge on any atom is 0.211 e. The van der Waals surface area contributed by atoms with Gasteiger partial charge in [-0.25, -0.2) is 0 Å². The van der Waals surface area contributed by atoms with Gasteiger partial charge in [-0.2, -0.15) is 0 Å². The van der Waals surface area contributed by atoms with Crippen LogP contribution in [0.25, 0.3) is 0 Å². The second-order valence-electron chi connectivity index (χ2n) is 5.58. The molecular formula is C13H22OSi. The first kappa shape index (κ1) is 14.2. The van der Waals surface area contributed by atoms with E-state index in [4.69, 9.17) is 0 Å². The van der Waals surface area contributed by atoms with Crippen molar-refractivity contribution >= 4 is 13.9 Å². The average Bonchev–Trinajstić information content (AvgIpc) is 2.11. The Morgan fingerprint density at radius 2 is 1.87 bits per heavy atom. The topological polar surface area (TPSA) is 17.1 Å². The molecule has 0 N–H and O–H groups in total. The van der Waals surface area contributed by atoms with Crippen molar-refractivity contribution < 1.29 is 4.79 Å². The number of hydrogen-bond donors (Lipinski definition) is 0. The van der Waals surface area contributed by atoms with Gasteiger partial charge in [0.1, 0.15) is 8.07 Å². The van der Waals surface area contributed by atoms with E-state index in [1.807, 2.05) is 26.8 Å². The molecule has 0 spiro atoms. The van der Waals surface area contributed by atoms with E-state index in [1.54, 1.807) is 0 Å². The summed E-state index contributed by atoms with van der Waals surface area (Å²) in [5.74, 6) is 2.98. The third kappa shape index (κ3) is 4.48. The van der Waals surface area contributed by atoms with Gasteiger partial charge in [0, 0.05) is 5.41 Å². The first-order chi connectivity index (χ1) is 6.61. The second kappa shape index (κ2) is 4.81. The molecule has 1 atom stereocenters. The van der Waals surface area contributed by atoms with Gasteiger partial charge in [0.05, 0.1) is 0 Å². The van der Waals surface area contributed by atoms with E-state index < -0.39 is 13.5 Å². The van der Waals surface area contributed by atoms with Crippen LogP contribution in [0.3, 0.4) is 0 Å².